The third kappa shape index (κ3) is 3.70. The molecule has 1 unspecified atom stereocenters. The Hall–Kier alpha value is -0.580. The molecule has 1 aromatic carbocycles. The first kappa shape index (κ1) is 13.8. The Balaban J connectivity index is 1.97. The highest BCUT2D eigenvalue weighted by Gasteiger charge is 2.19. The summed E-state index contributed by atoms with van der Waals surface area (Å²) in [5.41, 5.74) is 1.00. The summed E-state index contributed by atoms with van der Waals surface area (Å²) < 4.78 is 0.994. The Morgan fingerprint density at radius 3 is 3.11 bits per heavy atom. The fourth-order valence-electron chi connectivity index (χ4n) is 2.05. The van der Waals surface area contributed by atoms with Crippen molar-refractivity contribution in [2.75, 3.05) is 6.54 Å². The second-order valence-corrected chi connectivity index (χ2v) is 5.78. The lowest BCUT2D eigenvalue weighted by Gasteiger charge is -2.15. The van der Waals surface area contributed by atoms with Crippen molar-refractivity contribution in [1.82, 2.24) is 10.6 Å². The monoisotopic (exact) mass is 330 g/mol. The van der Waals surface area contributed by atoms with Gasteiger partial charge in [0.25, 0.3) is 0 Å². The highest BCUT2D eigenvalue weighted by Crippen LogP contribution is 2.21. The first-order valence-electron chi connectivity index (χ1n) is 6.12. The van der Waals surface area contributed by atoms with E-state index < -0.39 is 0 Å². The van der Waals surface area contributed by atoms with Gasteiger partial charge >= 0.3 is 0 Å². The molecule has 98 valence electrons. The molecule has 0 aliphatic carbocycles. The van der Waals surface area contributed by atoms with E-state index >= 15 is 0 Å². The normalized spacial score (nSPS) is 20.3. The zero-order valence-electron chi connectivity index (χ0n) is 10.0. The molecule has 2 N–H and O–H groups in total. The molecule has 1 aliphatic rings. The Kier molecular flexibility index (Phi) is 5.03. The fraction of sp³-hybridized carbons (Fsp3) is 0.462. The van der Waals surface area contributed by atoms with Crippen molar-refractivity contribution in [3.05, 3.63) is 33.3 Å². The van der Waals surface area contributed by atoms with Crippen LogP contribution in [0.1, 0.15) is 24.8 Å². The van der Waals surface area contributed by atoms with E-state index in [1.807, 2.05) is 18.2 Å². The summed E-state index contributed by atoms with van der Waals surface area (Å²) in [4.78, 5) is 11.8. The van der Waals surface area contributed by atoms with Gasteiger partial charge in [0.05, 0.1) is 6.04 Å². The minimum atomic E-state index is -0.109. The minimum absolute atomic E-state index is 0.0959. The lowest BCUT2D eigenvalue weighted by atomic mass is 10.1. The molecular formula is C13H16BrClN2O. The topological polar surface area (TPSA) is 41.1 Å². The van der Waals surface area contributed by atoms with Gasteiger partial charge in [-0.15, -0.1) is 0 Å². The van der Waals surface area contributed by atoms with Crippen molar-refractivity contribution in [1.29, 1.82) is 0 Å². The summed E-state index contributed by atoms with van der Waals surface area (Å²) in [5, 5.41) is 6.91. The molecule has 1 amide bonds. The van der Waals surface area contributed by atoms with Crippen LogP contribution in [0, 0.1) is 0 Å². The first-order valence-corrected chi connectivity index (χ1v) is 7.29. The lowest BCUT2D eigenvalue weighted by Crippen LogP contribution is -2.42. The number of amides is 1. The summed E-state index contributed by atoms with van der Waals surface area (Å²) in [5.74, 6) is 0.0959. The van der Waals surface area contributed by atoms with E-state index in [0.717, 1.165) is 40.9 Å². The van der Waals surface area contributed by atoms with E-state index in [4.69, 9.17) is 11.6 Å². The Morgan fingerprint density at radius 2 is 2.28 bits per heavy atom. The van der Waals surface area contributed by atoms with Crippen LogP contribution in [0.3, 0.4) is 0 Å². The van der Waals surface area contributed by atoms with Crippen LogP contribution in [-0.4, -0.2) is 18.5 Å². The van der Waals surface area contributed by atoms with E-state index in [0.29, 0.717) is 6.54 Å². The highest BCUT2D eigenvalue weighted by atomic mass is 79.9. The van der Waals surface area contributed by atoms with Crippen LogP contribution in [-0.2, 0) is 11.3 Å². The van der Waals surface area contributed by atoms with Crippen LogP contribution in [0.4, 0.5) is 0 Å². The molecule has 18 heavy (non-hydrogen) atoms. The molecule has 1 aliphatic heterocycles. The second kappa shape index (κ2) is 6.55. The molecular weight excluding hydrogens is 316 g/mol. The maximum Gasteiger partial charge on any atom is 0.237 e. The van der Waals surface area contributed by atoms with Crippen LogP contribution >= 0.6 is 27.5 Å². The molecule has 1 fully saturated rings. The van der Waals surface area contributed by atoms with Crippen molar-refractivity contribution in [3.8, 4) is 0 Å². The van der Waals surface area contributed by atoms with Crippen LogP contribution in [0.2, 0.25) is 5.02 Å². The first-order chi connectivity index (χ1) is 8.66. The van der Waals surface area contributed by atoms with Crippen molar-refractivity contribution in [2.45, 2.75) is 31.8 Å². The number of halogens is 2. The summed E-state index contributed by atoms with van der Waals surface area (Å²) in [6.07, 6.45) is 3.02. The molecule has 1 heterocycles. The van der Waals surface area contributed by atoms with E-state index in [1.54, 1.807) is 0 Å². The average Bonchev–Trinajstić information content (AvgIpc) is 2.55. The van der Waals surface area contributed by atoms with Gasteiger partial charge in [0.2, 0.25) is 5.91 Å². The molecule has 0 aromatic heterocycles. The van der Waals surface area contributed by atoms with Crippen molar-refractivity contribution < 1.29 is 4.79 Å². The summed E-state index contributed by atoms with van der Waals surface area (Å²) in [6.45, 7) is 1.39. The lowest BCUT2D eigenvalue weighted by molar-refractivity contribution is -0.122. The summed E-state index contributed by atoms with van der Waals surface area (Å²) in [7, 11) is 0. The van der Waals surface area contributed by atoms with Gasteiger partial charge in [-0.05, 0) is 43.0 Å². The van der Waals surface area contributed by atoms with Crippen LogP contribution < -0.4 is 10.6 Å². The average molecular weight is 332 g/mol. The van der Waals surface area contributed by atoms with Crippen LogP contribution in [0.25, 0.3) is 0 Å². The minimum Gasteiger partial charge on any atom is -0.355 e. The number of benzene rings is 1. The molecule has 0 bridgehead atoms. The number of rotatable bonds is 3. The molecule has 0 saturated carbocycles. The molecule has 3 nitrogen and oxygen atoms in total. The number of hydrogen-bond donors (Lipinski definition) is 2. The van der Waals surface area contributed by atoms with Crippen molar-refractivity contribution >= 4 is 33.4 Å². The maximum atomic E-state index is 11.8. The van der Waals surface area contributed by atoms with Gasteiger partial charge in [0, 0.05) is 22.6 Å². The van der Waals surface area contributed by atoms with Crippen LogP contribution in [0.5, 0.6) is 0 Å². The third-order valence-electron chi connectivity index (χ3n) is 3.08. The fourth-order valence-corrected chi connectivity index (χ4v) is 2.64. The standard InChI is InChI=1S/C13H16BrClN2O/c14-10-4-5-11(15)9(7-10)8-17-12-3-1-2-6-16-13(12)18/h4-5,7,12,17H,1-3,6,8H2,(H,16,18). The van der Waals surface area contributed by atoms with Gasteiger partial charge in [-0.2, -0.15) is 0 Å². The Morgan fingerprint density at radius 1 is 1.44 bits per heavy atom. The van der Waals surface area contributed by atoms with Gasteiger partial charge < -0.3 is 10.6 Å². The van der Waals surface area contributed by atoms with E-state index in [2.05, 4.69) is 26.6 Å². The van der Waals surface area contributed by atoms with Crippen molar-refractivity contribution in [2.24, 2.45) is 0 Å². The molecule has 1 saturated heterocycles. The smallest absolute Gasteiger partial charge is 0.237 e. The Labute approximate surface area is 120 Å². The summed E-state index contributed by atoms with van der Waals surface area (Å²) in [6, 6.07) is 5.63. The molecule has 0 radical (unpaired) electrons. The second-order valence-electron chi connectivity index (χ2n) is 4.46. The molecule has 1 atom stereocenters. The van der Waals surface area contributed by atoms with Gasteiger partial charge in [0.15, 0.2) is 0 Å². The SMILES string of the molecule is O=C1NCCCCC1NCc1cc(Br)ccc1Cl. The highest BCUT2D eigenvalue weighted by molar-refractivity contribution is 9.10. The maximum absolute atomic E-state index is 11.8. The van der Waals surface area contributed by atoms with Gasteiger partial charge in [-0.1, -0.05) is 27.5 Å². The summed E-state index contributed by atoms with van der Waals surface area (Å²) >= 11 is 9.54. The zero-order valence-corrected chi connectivity index (χ0v) is 12.4. The zero-order chi connectivity index (χ0) is 13.0. The third-order valence-corrected chi connectivity index (χ3v) is 3.94. The quantitative estimate of drug-likeness (QED) is 0.894. The number of hydrogen-bond acceptors (Lipinski definition) is 2. The predicted octanol–water partition coefficient (Wildman–Crippen LogP) is 2.86. The molecule has 2 rings (SSSR count). The predicted molar refractivity (Wildman–Crippen MR) is 76.6 cm³/mol. The van der Waals surface area contributed by atoms with E-state index in [1.165, 1.54) is 0 Å². The number of nitrogens with one attached hydrogen (secondary N) is 2. The molecule has 0 spiro atoms. The van der Waals surface area contributed by atoms with Gasteiger partial charge in [-0.25, -0.2) is 0 Å². The van der Waals surface area contributed by atoms with Gasteiger partial charge in [0.1, 0.15) is 0 Å². The molecule has 5 heteroatoms. The largest absolute Gasteiger partial charge is 0.355 e. The number of carbonyl (C=O) groups excluding carboxylic acids is 1. The van der Waals surface area contributed by atoms with E-state index in [9.17, 15) is 4.79 Å². The van der Waals surface area contributed by atoms with Crippen LogP contribution in [0.15, 0.2) is 22.7 Å². The number of carbonyl (C=O) groups is 1. The van der Waals surface area contributed by atoms with E-state index in [-0.39, 0.29) is 11.9 Å². The van der Waals surface area contributed by atoms with Crippen molar-refractivity contribution in [3.63, 3.8) is 0 Å². The Bertz CT molecular complexity index is 439. The van der Waals surface area contributed by atoms with Gasteiger partial charge in [-0.3, -0.25) is 4.79 Å². The molecule has 1 aromatic rings.